The molecular weight excluding hydrogens is 196 g/mol. The van der Waals surface area contributed by atoms with Gasteiger partial charge in [-0.1, -0.05) is 39.0 Å². The minimum atomic E-state index is -0.0745. The lowest BCUT2D eigenvalue weighted by Crippen LogP contribution is -2.06. The van der Waals surface area contributed by atoms with Crippen molar-refractivity contribution in [2.24, 2.45) is 0 Å². The van der Waals surface area contributed by atoms with Crippen molar-refractivity contribution >= 4 is 18.6 Å². The highest BCUT2D eigenvalue weighted by Gasteiger charge is 2.00. The van der Waals surface area contributed by atoms with Gasteiger partial charge in [-0.05, 0) is 6.42 Å². The molecule has 0 rings (SSSR count). The Bertz CT molecular complexity index is 137. The second kappa shape index (κ2) is 10.9. The lowest BCUT2D eigenvalue weighted by atomic mass is 10.1. The highest BCUT2D eigenvalue weighted by molar-refractivity contribution is 7.80. The van der Waals surface area contributed by atoms with Gasteiger partial charge in [-0.25, -0.2) is 0 Å². The van der Waals surface area contributed by atoms with Crippen molar-refractivity contribution in [3.63, 3.8) is 0 Å². The van der Waals surface area contributed by atoms with Gasteiger partial charge in [0.15, 0.2) is 0 Å². The number of hydrogen-bond acceptors (Lipinski definition) is 3. The molecule has 0 amide bonds. The minimum absolute atomic E-state index is 0.0745. The quantitative estimate of drug-likeness (QED) is 0.365. The maximum atomic E-state index is 11.0. The average molecular weight is 218 g/mol. The lowest BCUT2D eigenvalue weighted by molar-refractivity contribution is -0.143. The molecule has 0 atom stereocenters. The van der Waals surface area contributed by atoms with Gasteiger partial charge in [0.25, 0.3) is 0 Å². The van der Waals surface area contributed by atoms with Crippen molar-refractivity contribution < 1.29 is 9.53 Å². The first kappa shape index (κ1) is 13.8. The molecule has 0 aliphatic carbocycles. The van der Waals surface area contributed by atoms with Crippen molar-refractivity contribution in [2.45, 2.75) is 51.9 Å². The molecule has 0 aromatic rings. The van der Waals surface area contributed by atoms with Crippen LogP contribution >= 0.6 is 12.6 Å². The number of hydrogen-bond donors (Lipinski definition) is 1. The van der Waals surface area contributed by atoms with Gasteiger partial charge < -0.3 is 4.74 Å². The van der Waals surface area contributed by atoms with Gasteiger partial charge in [0.1, 0.15) is 6.61 Å². The molecule has 0 fully saturated rings. The second-order valence-corrected chi connectivity index (χ2v) is 3.91. The van der Waals surface area contributed by atoms with E-state index in [0.717, 1.165) is 12.8 Å². The maximum Gasteiger partial charge on any atom is 0.305 e. The first-order chi connectivity index (χ1) is 6.81. The molecule has 0 bridgehead atoms. The van der Waals surface area contributed by atoms with E-state index in [9.17, 15) is 4.79 Å². The van der Waals surface area contributed by atoms with Crippen LogP contribution in [0.15, 0.2) is 0 Å². The maximum absolute atomic E-state index is 11.0. The first-order valence-electron chi connectivity index (χ1n) is 5.57. The number of thiol groups is 1. The van der Waals surface area contributed by atoms with Gasteiger partial charge in [-0.2, -0.15) is 12.6 Å². The Balaban J connectivity index is 3.07. The molecule has 0 saturated heterocycles. The third kappa shape index (κ3) is 9.90. The summed E-state index contributed by atoms with van der Waals surface area (Å²) in [5.41, 5.74) is 0. The van der Waals surface area contributed by atoms with Crippen molar-refractivity contribution in [1.82, 2.24) is 0 Å². The van der Waals surface area contributed by atoms with Crippen LogP contribution in [0.3, 0.4) is 0 Å². The van der Waals surface area contributed by atoms with Crippen LogP contribution < -0.4 is 0 Å². The summed E-state index contributed by atoms with van der Waals surface area (Å²) in [6.45, 7) is 2.65. The Morgan fingerprint density at radius 2 is 1.79 bits per heavy atom. The van der Waals surface area contributed by atoms with E-state index >= 15 is 0 Å². The molecule has 0 aliphatic heterocycles. The molecule has 0 spiro atoms. The molecule has 0 heterocycles. The van der Waals surface area contributed by atoms with Crippen molar-refractivity contribution in [3.8, 4) is 0 Å². The zero-order chi connectivity index (χ0) is 10.6. The molecule has 0 aromatic heterocycles. The van der Waals surface area contributed by atoms with Gasteiger partial charge in [0.2, 0.25) is 0 Å². The molecular formula is C11H22O2S. The van der Waals surface area contributed by atoms with Crippen LogP contribution in [-0.2, 0) is 9.53 Å². The summed E-state index contributed by atoms with van der Waals surface area (Å²) < 4.78 is 4.90. The Kier molecular flexibility index (Phi) is 10.8. The van der Waals surface area contributed by atoms with Crippen LogP contribution in [0, 0.1) is 0 Å². The topological polar surface area (TPSA) is 26.3 Å². The monoisotopic (exact) mass is 218 g/mol. The number of carbonyl (C=O) groups is 1. The number of rotatable bonds is 9. The van der Waals surface area contributed by atoms with E-state index in [-0.39, 0.29) is 5.97 Å². The highest BCUT2D eigenvalue weighted by Crippen LogP contribution is 2.07. The number of unbranched alkanes of at least 4 members (excludes halogenated alkanes) is 5. The predicted octanol–water partition coefficient (Wildman–Crippen LogP) is 3.21. The second-order valence-electron chi connectivity index (χ2n) is 3.46. The molecule has 2 nitrogen and oxygen atoms in total. The SMILES string of the molecule is CCCCCCCCC(=O)OCCS. The van der Waals surface area contributed by atoms with Crippen molar-refractivity contribution in [2.75, 3.05) is 12.4 Å². The molecule has 3 heteroatoms. The Morgan fingerprint density at radius 1 is 1.14 bits per heavy atom. The fraction of sp³-hybridized carbons (Fsp3) is 0.909. The summed E-state index contributed by atoms with van der Waals surface area (Å²) in [5.74, 6) is 0.539. The van der Waals surface area contributed by atoms with Crippen LogP contribution in [0.2, 0.25) is 0 Å². The van der Waals surface area contributed by atoms with Crippen molar-refractivity contribution in [3.05, 3.63) is 0 Å². The molecule has 0 saturated carbocycles. The van der Waals surface area contributed by atoms with Gasteiger partial charge >= 0.3 is 5.97 Å². The van der Waals surface area contributed by atoms with E-state index in [1.807, 2.05) is 0 Å². The van der Waals surface area contributed by atoms with Crippen molar-refractivity contribution in [1.29, 1.82) is 0 Å². The standard InChI is InChI=1S/C11H22O2S/c1-2-3-4-5-6-7-8-11(12)13-9-10-14/h14H,2-10H2,1H3. The minimum Gasteiger partial charge on any atom is -0.465 e. The number of esters is 1. The normalized spacial score (nSPS) is 10.1. The largest absolute Gasteiger partial charge is 0.465 e. The van der Waals surface area contributed by atoms with Crippen LogP contribution in [0.5, 0.6) is 0 Å². The van der Waals surface area contributed by atoms with E-state index in [1.165, 1.54) is 25.7 Å². The lowest BCUT2D eigenvalue weighted by Gasteiger charge is -2.02. The summed E-state index contributed by atoms with van der Waals surface area (Å²) in [5, 5.41) is 0. The first-order valence-corrected chi connectivity index (χ1v) is 6.21. The van der Waals surface area contributed by atoms with Gasteiger partial charge in [-0.15, -0.1) is 0 Å². The Morgan fingerprint density at radius 3 is 2.43 bits per heavy atom. The fourth-order valence-electron chi connectivity index (χ4n) is 1.28. The molecule has 0 unspecified atom stereocenters. The Labute approximate surface area is 92.8 Å². The molecule has 0 radical (unpaired) electrons. The average Bonchev–Trinajstić information content (AvgIpc) is 2.20. The third-order valence-corrected chi connectivity index (χ3v) is 2.27. The Hall–Kier alpha value is -0.180. The van der Waals surface area contributed by atoms with E-state index in [2.05, 4.69) is 19.6 Å². The number of ether oxygens (including phenoxy) is 1. The molecule has 84 valence electrons. The summed E-state index contributed by atoms with van der Waals surface area (Å²) in [6.07, 6.45) is 7.80. The predicted molar refractivity (Wildman–Crippen MR) is 62.8 cm³/mol. The van der Waals surface area contributed by atoms with Crippen LogP contribution in [0.25, 0.3) is 0 Å². The molecule has 14 heavy (non-hydrogen) atoms. The van der Waals surface area contributed by atoms with Gasteiger partial charge in [-0.3, -0.25) is 4.79 Å². The summed E-state index contributed by atoms with van der Waals surface area (Å²) >= 11 is 3.97. The van der Waals surface area contributed by atoms with Gasteiger partial charge in [0.05, 0.1) is 0 Å². The highest BCUT2D eigenvalue weighted by atomic mass is 32.1. The van der Waals surface area contributed by atoms with Crippen LogP contribution in [0.1, 0.15) is 51.9 Å². The smallest absolute Gasteiger partial charge is 0.305 e. The fourth-order valence-corrected chi connectivity index (χ4v) is 1.37. The zero-order valence-corrected chi connectivity index (χ0v) is 10.0. The summed E-state index contributed by atoms with van der Waals surface area (Å²) in [4.78, 5) is 11.0. The summed E-state index contributed by atoms with van der Waals surface area (Å²) in [6, 6.07) is 0. The zero-order valence-electron chi connectivity index (χ0n) is 9.13. The van der Waals surface area contributed by atoms with Gasteiger partial charge in [0, 0.05) is 12.2 Å². The van der Waals surface area contributed by atoms with E-state index in [1.54, 1.807) is 0 Å². The number of carbonyl (C=O) groups excluding carboxylic acids is 1. The van der Waals surface area contributed by atoms with E-state index < -0.39 is 0 Å². The van der Waals surface area contributed by atoms with Crippen LogP contribution in [-0.4, -0.2) is 18.3 Å². The third-order valence-electron chi connectivity index (χ3n) is 2.09. The van der Waals surface area contributed by atoms with E-state index in [4.69, 9.17) is 4.74 Å². The summed E-state index contributed by atoms with van der Waals surface area (Å²) in [7, 11) is 0. The molecule has 0 aromatic carbocycles. The molecule has 0 N–H and O–H groups in total. The van der Waals surface area contributed by atoms with E-state index in [0.29, 0.717) is 18.8 Å². The van der Waals surface area contributed by atoms with Crippen LogP contribution in [0.4, 0.5) is 0 Å². The molecule has 0 aliphatic rings.